The summed E-state index contributed by atoms with van der Waals surface area (Å²) in [5.41, 5.74) is 7.02. The van der Waals surface area contributed by atoms with Gasteiger partial charge in [-0.15, -0.1) is 0 Å². The first-order valence-electron chi connectivity index (χ1n) is 15.7. The minimum absolute atomic E-state index is 0.830. The van der Waals surface area contributed by atoms with E-state index in [4.69, 9.17) is 9.97 Å². The van der Waals surface area contributed by atoms with E-state index in [2.05, 4.69) is 77.2 Å². The van der Waals surface area contributed by atoms with Gasteiger partial charge in [0.1, 0.15) is 11.5 Å². The van der Waals surface area contributed by atoms with Crippen LogP contribution in [0.4, 0.5) is 0 Å². The molecule has 4 nitrogen and oxygen atoms in total. The van der Waals surface area contributed by atoms with E-state index in [0.717, 1.165) is 76.8 Å². The quantitative estimate of drug-likeness (QED) is 0.180. The van der Waals surface area contributed by atoms with E-state index in [0.29, 0.717) is 0 Å². The molecule has 0 bridgehead atoms. The van der Waals surface area contributed by atoms with Gasteiger partial charge in [0.25, 0.3) is 0 Å². The lowest BCUT2D eigenvalue weighted by atomic mass is 9.99. The number of fused-ring (bicyclic) bond motifs is 6. The Hall–Kier alpha value is -5.83. The predicted molar refractivity (Wildman–Crippen MR) is 196 cm³/mol. The molecule has 2 heterocycles. The van der Waals surface area contributed by atoms with Crippen molar-refractivity contribution in [3.05, 3.63) is 170 Å². The van der Waals surface area contributed by atoms with Crippen LogP contribution in [0.3, 0.4) is 0 Å². The molecule has 2 aromatic heterocycles. The number of rotatable bonds is 5. The Morgan fingerprint density at radius 2 is 1.06 bits per heavy atom. The molecule has 0 atom stereocenters. The highest BCUT2D eigenvalue weighted by Gasteiger charge is 2.29. The maximum absolute atomic E-state index is 14.9. The van der Waals surface area contributed by atoms with Gasteiger partial charge < -0.3 is 4.57 Å². The zero-order valence-corrected chi connectivity index (χ0v) is 26.3. The molecule has 222 valence electrons. The van der Waals surface area contributed by atoms with Crippen molar-refractivity contribution >= 4 is 61.4 Å². The van der Waals surface area contributed by atoms with Crippen molar-refractivity contribution in [2.24, 2.45) is 0 Å². The standard InChI is InChI=1S/C42H28N3OP/c46-47(34-14-3-1-4-15-34,35-16-5-2-6-17-35)36-25-24-31-26-30(22-23-32(31)28-36)29-12-11-13-33(27-29)41-43-38-19-8-7-18-37(38)42-44-39-20-9-10-21-40(39)45(41)42/h1-28H. The zero-order chi connectivity index (χ0) is 31.4. The van der Waals surface area contributed by atoms with E-state index in [1.165, 1.54) is 0 Å². The van der Waals surface area contributed by atoms with Gasteiger partial charge in [-0.05, 0) is 64.4 Å². The van der Waals surface area contributed by atoms with Gasteiger partial charge in [-0.1, -0.05) is 127 Å². The third kappa shape index (κ3) is 4.49. The van der Waals surface area contributed by atoms with Crippen molar-refractivity contribution in [1.29, 1.82) is 0 Å². The van der Waals surface area contributed by atoms with Crippen molar-refractivity contribution < 1.29 is 4.57 Å². The molecule has 0 aliphatic rings. The van der Waals surface area contributed by atoms with Crippen LogP contribution < -0.4 is 15.9 Å². The number of hydrogen-bond acceptors (Lipinski definition) is 3. The molecule has 9 aromatic rings. The van der Waals surface area contributed by atoms with Gasteiger partial charge in [0.15, 0.2) is 7.14 Å². The molecule has 0 saturated carbocycles. The van der Waals surface area contributed by atoms with E-state index in [1.807, 2.05) is 97.1 Å². The van der Waals surface area contributed by atoms with Crippen LogP contribution in [0.15, 0.2) is 170 Å². The van der Waals surface area contributed by atoms with Gasteiger partial charge in [-0.2, -0.15) is 0 Å². The van der Waals surface area contributed by atoms with Crippen molar-refractivity contribution in [3.8, 4) is 22.5 Å². The highest BCUT2D eigenvalue weighted by Crippen LogP contribution is 2.43. The molecule has 0 saturated heterocycles. The van der Waals surface area contributed by atoms with Crippen LogP contribution in [0.2, 0.25) is 0 Å². The van der Waals surface area contributed by atoms with Gasteiger partial charge in [0.05, 0.1) is 16.6 Å². The lowest BCUT2D eigenvalue weighted by Gasteiger charge is -2.20. The van der Waals surface area contributed by atoms with Crippen LogP contribution in [-0.4, -0.2) is 14.4 Å². The van der Waals surface area contributed by atoms with Gasteiger partial charge in [0, 0.05) is 26.9 Å². The first-order valence-corrected chi connectivity index (χ1v) is 17.4. The molecule has 9 rings (SSSR count). The molecule has 0 fully saturated rings. The number of nitrogens with zero attached hydrogens (tertiary/aromatic N) is 3. The van der Waals surface area contributed by atoms with E-state index >= 15 is 0 Å². The minimum atomic E-state index is -3.06. The number of benzene rings is 7. The monoisotopic (exact) mass is 621 g/mol. The average Bonchev–Trinajstić information content (AvgIpc) is 3.55. The van der Waals surface area contributed by atoms with Crippen LogP contribution in [0, 0.1) is 0 Å². The summed E-state index contributed by atoms with van der Waals surface area (Å²) in [5.74, 6) is 0.859. The Balaban J connectivity index is 1.16. The fourth-order valence-corrected chi connectivity index (χ4v) is 9.39. The first kappa shape index (κ1) is 27.5. The molecule has 0 aliphatic heterocycles. The summed E-state index contributed by atoms with van der Waals surface area (Å²) in [5, 5.41) is 5.67. The van der Waals surface area contributed by atoms with Crippen molar-refractivity contribution in [2.75, 3.05) is 0 Å². The Morgan fingerprint density at radius 1 is 0.447 bits per heavy atom. The zero-order valence-electron chi connectivity index (χ0n) is 25.4. The second-order valence-corrected chi connectivity index (χ2v) is 14.6. The van der Waals surface area contributed by atoms with Crippen LogP contribution in [0.5, 0.6) is 0 Å². The Morgan fingerprint density at radius 3 is 1.85 bits per heavy atom. The largest absolute Gasteiger partial charge is 0.309 e. The lowest BCUT2D eigenvalue weighted by molar-refractivity contribution is 0.592. The highest BCUT2D eigenvalue weighted by atomic mass is 31.2. The summed E-state index contributed by atoms with van der Waals surface area (Å²) < 4.78 is 17.1. The van der Waals surface area contributed by atoms with Gasteiger partial charge in [-0.25, -0.2) is 9.97 Å². The van der Waals surface area contributed by atoms with E-state index in [1.54, 1.807) is 0 Å². The van der Waals surface area contributed by atoms with Gasteiger partial charge in [-0.3, -0.25) is 4.40 Å². The third-order valence-corrected chi connectivity index (χ3v) is 12.1. The smallest absolute Gasteiger partial charge is 0.171 e. The molecule has 0 amide bonds. The second kappa shape index (κ2) is 10.9. The van der Waals surface area contributed by atoms with Crippen LogP contribution in [0.1, 0.15) is 0 Å². The number of imidazole rings is 1. The van der Waals surface area contributed by atoms with E-state index in [-0.39, 0.29) is 0 Å². The van der Waals surface area contributed by atoms with Gasteiger partial charge in [0.2, 0.25) is 0 Å². The Labute approximate surface area is 272 Å². The molecular formula is C42H28N3OP. The molecule has 0 aliphatic carbocycles. The van der Waals surface area contributed by atoms with Crippen LogP contribution in [-0.2, 0) is 4.57 Å². The third-order valence-electron chi connectivity index (χ3n) is 9.03. The minimum Gasteiger partial charge on any atom is -0.309 e. The van der Waals surface area contributed by atoms with Crippen molar-refractivity contribution in [3.63, 3.8) is 0 Å². The first-order chi connectivity index (χ1) is 23.2. The number of hydrogen-bond donors (Lipinski definition) is 0. The van der Waals surface area contributed by atoms with E-state index in [9.17, 15) is 4.57 Å². The summed E-state index contributed by atoms with van der Waals surface area (Å²) in [6.07, 6.45) is 0. The molecule has 0 unspecified atom stereocenters. The lowest BCUT2D eigenvalue weighted by Crippen LogP contribution is -2.24. The summed E-state index contributed by atoms with van der Waals surface area (Å²) in [6, 6.07) is 57.3. The summed E-state index contributed by atoms with van der Waals surface area (Å²) in [7, 11) is -3.06. The molecule has 0 spiro atoms. The maximum Gasteiger partial charge on any atom is 0.171 e. The molecule has 0 N–H and O–H groups in total. The molecule has 47 heavy (non-hydrogen) atoms. The Kier molecular flexibility index (Phi) is 6.38. The summed E-state index contributed by atoms with van der Waals surface area (Å²) in [6.45, 7) is 0. The second-order valence-electron chi connectivity index (χ2n) is 11.8. The normalized spacial score (nSPS) is 11.9. The summed E-state index contributed by atoms with van der Waals surface area (Å²) >= 11 is 0. The van der Waals surface area contributed by atoms with Crippen LogP contribution in [0.25, 0.3) is 60.9 Å². The van der Waals surface area contributed by atoms with Gasteiger partial charge >= 0.3 is 0 Å². The summed E-state index contributed by atoms with van der Waals surface area (Å²) in [4.78, 5) is 10.2. The molecule has 0 radical (unpaired) electrons. The van der Waals surface area contributed by atoms with E-state index < -0.39 is 7.14 Å². The Bertz CT molecular complexity index is 2620. The van der Waals surface area contributed by atoms with Crippen molar-refractivity contribution in [1.82, 2.24) is 14.4 Å². The molecular weight excluding hydrogens is 593 g/mol. The topological polar surface area (TPSA) is 47.3 Å². The highest BCUT2D eigenvalue weighted by molar-refractivity contribution is 7.85. The molecule has 7 aromatic carbocycles. The van der Waals surface area contributed by atoms with Crippen LogP contribution >= 0.6 is 7.14 Å². The predicted octanol–water partition coefficient (Wildman–Crippen LogP) is 9.16. The fourth-order valence-electron chi connectivity index (χ4n) is 6.71. The maximum atomic E-state index is 14.9. The fraction of sp³-hybridized carbons (Fsp3) is 0. The molecule has 5 heteroatoms. The number of aromatic nitrogens is 3. The average molecular weight is 622 g/mol. The SMILES string of the molecule is O=P(c1ccccc1)(c1ccccc1)c1ccc2cc(-c3cccc(-c4nc5ccccc5c5nc6ccccc6n45)c3)ccc2c1. The number of para-hydroxylation sites is 3. The van der Waals surface area contributed by atoms with Crippen molar-refractivity contribution in [2.45, 2.75) is 0 Å².